The summed E-state index contributed by atoms with van der Waals surface area (Å²) < 4.78 is 0. The Morgan fingerprint density at radius 1 is 0.850 bits per heavy atom. The third kappa shape index (κ3) is 6.92. The van der Waals surface area contributed by atoms with Gasteiger partial charge in [0.1, 0.15) is 0 Å². The van der Waals surface area contributed by atoms with Crippen molar-refractivity contribution >= 4 is 11.8 Å². The summed E-state index contributed by atoms with van der Waals surface area (Å²) in [5, 5.41) is 6.03. The third-order valence-corrected chi connectivity index (χ3v) is 3.73. The number of amides is 2. The molecule has 20 heavy (non-hydrogen) atoms. The Bertz CT molecular complexity index is 294. The summed E-state index contributed by atoms with van der Waals surface area (Å²) >= 11 is 0. The van der Waals surface area contributed by atoms with Crippen molar-refractivity contribution in [3.63, 3.8) is 0 Å². The lowest BCUT2D eigenvalue weighted by Gasteiger charge is -2.24. The highest BCUT2D eigenvalue weighted by Crippen LogP contribution is 2.18. The van der Waals surface area contributed by atoms with Crippen LogP contribution in [0.1, 0.15) is 53.4 Å². The second-order valence-electron chi connectivity index (χ2n) is 7.01. The normalized spacial score (nSPS) is 25.5. The molecule has 0 bridgehead atoms. The van der Waals surface area contributed by atoms with Gasteiger partial charge >= 0.3 is 0 Å². The molecule has 0 aliphatic carbocycles. The molecule has 0 saturated carbocycles. The van der Waals surface area contributed by atoms with E-state index in [0.29, 0.717) is 37.8 Å². The predicted molar refractivity (Wildman–Crippen MR) is 81.1 cm³/mol. The van der Waals surface area contributed by atoms with Crippen molar-refractivity contribution in [1.82, 2.24) is 10.6 Å². The lowest BCUT2D eigenvalue weighted by molar-refractivity contribution is -0.126. The molecule has 1 fully saturated rings. The minimum Gasteiger partial charge on any atom is -0.356 e. The van der Waals surface area contributed by atoms with Gasteiger partial charge in [0.2, 0.25) is 11.8 Å². The number of rotatable bonds is 4. The van der Waals surface area contributed by atoms with Crippen LogP contribution >= 0.6 is 0 Å². The predicted octanol–water partition coefficient (Wildman–Crippen LogP) is 2.34. The SMILES string of the molecule is CC(C)C[C@H]1CNC(=O)C[C@@H](CC(C)C)CNC(=O)C1. The lowest BCUT2D eigenvalue weighted by atomic mass is 9.91. The Labute approximate surface area is 123 Å². The van der Waals surface area contributed by atoms with Crippen LogP contribution in [-0.2, 0) is 9.59 Å². The molecule has 1 saturated heterocycles. The van der Waals surface area contributed by atoms with Crippen LogP contribution in [0.25, 0.3) is 0 Å². The monoisotopic (exact) mass is 282 g/mol. The molecule has 4 heteroatoms. The summed E-state index contributed by atoms with van der Waals surface area (Å²) in [5.41, 5.74) is 0. The first kappa shape index (κ1) is 17.0. The highest BCUT2D eigenvalue weighted by Gasteiger charge is 2.22. The second-order valence-corrected chi connectivity index (χ2v) is 7.01. The highest BCUT2D eigenvalue weighted by molar-refractivity contribution is 5.78. The van der Waals surface area contributed by atoms with Gasteiger partial charge in [-0.3, -0.25) is 9.59 Å². The van der Waals surface area contributed by atoms with E-state index in [2.05, 4.69) is 38.3 Å². The van der Waals surface area contributed by atoms with Crippen molar-refractivity contribution in [1.29, 1.82) is 0 Å². The van der Waals surface area contributed by atoms with Gasteiger partial charge in [0.15, 0.2) is 0 Å². The molecular formula is C16H30N2O2. The molecule has 1 heterocycles. The first-order chi connectivity index (χ1) is 9.36. The first-order valence-electron chi connectivity index (χ1n) is 7.90. The Hall–Kier alpha value is -1.06. The summed E-state index contributed by atoms with van der Waals surface area (Å²) in [6.07, 6.45) is 2.99. The van der Waals surface area contributed by atoms with Gasteiger partial charge in [-0.05, 0) is 36.5 Å². The number of hydrogen-bond acceptors (Lipinski definition) is 2. The van der Waals surface area contributed by atoms with Crippen LogP contribution < -0.4 is 10.6 Å². The molecule has 116 valence electrons. The molecule has 0 aromatic carbocycles. The fraction of sp³-hybridized carbons (Fsp3) is 0.875. The van der Waals surface area contributed by atoms with Gasteiger partial charge in [-0.15, -0.1) is 0 Å². The standard InChI is InChI=1S/C16H30N2O2/c1-11(2)5-13-7-15(19)18-10-14(6-12(3)4)8-16(20)17-9-13/h11-14H,5-10H2,1-4H3,(H,17,20)(H,18,19)/t13-,14-/m1/s1. The molecule has 0 aromatic heterocycles. The zero-order chi connectivity index (χ0) is 15.1. The minimum absolute atomic E-state index is 0.126. The van der Waals surface area contributed by atoms with E-state index in [9.17, 15) is 9.59 Å². The van der Waals surface area contributed by atoms with Crippen LogP contribution in [0, 0.1) is 23.7 Å². The van der Waals surface area contributed by atoms with E-state index in [4.69, 9.17) is 0 Å². The maximum atomic E-state index is 12.0. The molecule has 0 radical (unpaired) electrons. The topological polar surface area (TPSA) is 58.2 Å². The molecule has 0 aromatic rings. The summed E-state index contributed by atoms with van der Waals surface area (Å²) in [5.74, 6) is 1.84. The summed E-state index contributed by atoms with van der Waals surface area (Å²) in [7, 11) is 0. The number of carbonyl (C=O) groups is 2. The molecule has 0 unspecified atom stereocenters. The van der Waals surface area contributed by atoms with Crippen LogP contribution in [0.5, 0.6) is 0 Å². The number of carbonyl (C=O) groups excluding carboxylic acids is 2. The Balaban J connectivity index is 2.60. The van der Waals surface area contributed by atoms with Crippen LogP contribution in [0.3, 0.4) is 0 Å². The fourth-order valence-electron chi connectivity index (χ4n) is 3.00. The summed E-state index contributed by atoms with van der Waals surface area (Å²) in [6.45, 7) is 9.85. The van der Waals surface area contributed by atoms with Crippen molar-refractivity contribution in [3.8, 4) is 0 Å². The van der Waals surface area contributed by atoms with E-state index < -0.39 is 0 Å². The lowest BCUT2D eigenvalue weighted by Crippen LogP contribution is -2.39. The van der Waals surface area contributed by atoms with Gasteiger partial charge in [0, 0.05) is 25.9 Å². The zero-order valence-corrected chi connectivity index (χ0v) is 13.4. The molecule has 0 spiro atoms. The Kier molecular flexibility index (Phi) is 7.03. The van der Waals surface area contributed by atoms with Gasteiger partial charge in [-0.1, -0.05) is 27.7 Å². The summed E-state index contributed by atoms with van der Waals surface area (Å²) in [4.78, 5) is 24.0. The summed E-state index contributed by atoms with van der Waals surface area (Å²) in [6, 6.07) is 0. The fourth-order valence-corrected chi connectivity index (χ4v) is 3.00. The Morgan fingerprint density at radius 2 is 1.20 bits per heavy atom. The molecule has 1 aliphatic heterocycles. The van der Waals surface area contributed by atoms with E-state index in [-0.39, 0.29) is 23.7 Å². The van der Waals surface area contributed by atoms with E-state index in [1.54, 1.807) is 0 Å². The van der Waals surface area contributed by atoms with Gasteiger partial charge in [0.25, 0.3) is 0 Å². The number of nitrogens with one attached hydrogen (secondary N) is 2. The van der Waals surface area contributed by atoms with Crippen molar-refractivity contribution in [3.05, 3.63) is 0 Å². The second kappa shape index (κ2) is 8.28. The van der Waals surface area contributed by atoms with Gasteiger partial charge in [-0.2, -0.15) is 0 Å². The molecule has 1 rings (SSSR count). The first-order valence-corrected chi connectivity index (χ1v) is 7.90. The highest BCUT2D eigenvalue weighted by atomic mass is 16.2. The maximum Gasteiger partial charge on any atom is 0.220 e. The third-order valence-electron chi connectivity index (χ3n) is 3.73. The molecule has 2 atom stereocenters. The largest absolute Gasteiger partial charge is 0.356 e. The maximum absolute atomic E-state index is 12.0. The number of hydrogen-bond donors (Lipinski definition) is 2. The van der Waals surface area contributed by atoms with Crippen LogP contribution in [-0.4, -0.2) is 24.9 Å². The van der Waals surface area contributed by atoms with Crippen molar-refractivity contribution in [2.24, 2.45) is 23.7 Å². The molecule has 2 N–H and O–H groups in total. The van der Waals surface area contributed by atoms with Gasteiger partial charge in [0.05, 0.1) is 0 Å². The average molecular weight is 282 g/mol. The zero-order valence-electron chi connectivity index (χ0n) is 13.4. The van der Waals surface area contributed by atoms with E-state index in [1.165, 1.54) is 0 Å². The van der Waals surface area contributed by atoms with Gasteiger partial charge < -0.3 is 10.6 Å². The van der Waals surface area contributed by atoms with Crippen molar-refractivity contribution in [2.45, 2.75) is 53.4 Å². The van der Waals surface area contributed by atoms with Crippen LogP contribution in [0.15, 0.2) is 0 Å². The average Bonchev–Trinajstić information content (AvgIpc) is 2.31. The molecule has 4 nitrogen and oxygen atoms in total. The Morgan fingerprint density at radius 3 is 1.50 bits per heavy atom. The van der Waals surface area contributed by atoms with Crippen molar-refractivity contribution in [2.75, 3.05) is 13.1 Å². The van der Waals surface area contributed by atoms with E-state index in [0.717, 1.165) is 12.8 Å². The van der Waals surface area contributed by atoms with E-state index in [1.807, 2.05) is 0 Å². The quantitative estimate of drug-likeness (QED) is 0.831. The minimum atomic E-state index is 0.126. The smallest absolute Gasteiger partial charge is 0.220 e. The van der Waals surface area contributed by atoms with Crippen LogP contribution in [0.2, 0.25) is 0 Å². The molecular weight excluding hydrogens is 252 g/mol. The van der Waals surface area contributed by atoms with Gasteiger partial charge in [-0.25, -0.2) is 0 Å². The van der Waals surface area contributed by atoms with Crippen LogP contribution in [0.4, 0.5) is 0 Å². The molecule has 1 aliphatic rings. The molecule has 2 amide bonds. The van der Waals surface area contributed by atoms with E-state index >= 15 is 0 Å². The van der Waals surface area contributed by atoms with Crippen molar-refractivity contribution < 1.29 is 9.59 Å².